The van der Waals surface area contributed by atoms with E-state index in [4.69, 9.17) is 27.8 Å². The summed E-state index contributed by atoms with van der Waals surface area (Å²) in [6.45, 7) is 6.37. The van der Waals surface area contributed by atoms with Crippen LogP contribution in [0.1, 0.15) is 48.4 Å². The van der Waals surface area contributed by atoms with Crippen molar-refractivity contribution in [2.45, 2.75) is 27.7 Å². The van der Waals surface area contributed by atoms with Gasteiger partial charge in [-0.05, 0) is 61.0 Å². The molecule has 244 valence electrons. The summed E-state index contributed by atoms with van der Waals surface area (Å²) in [5.41, 5.74) is -0.535. The highest BCUT2D eigenvalue weighted by molar-refractivity contribution is 6.12. The normalized spacial score (nSPS) is 10.8. The number of hydrogen-bond acceptors (Lipinski definition) is 12. The number of carbonyl (C=O) groups is 4. The number of ether oxygens (including phenoxy) is 4. The van der Waals surface area contributed by atoms with E-state index >= 15 is 0 Å². The Kier molecular flexibility index (Phi) is 9.64. The Bertz CT molecular complexity index is 2200. The Labute approximate surface area is 271 Å². The molecule has 4 aromatic carbocycles. The third kappa shape index (κ3) is 7.07. The van der Waals surface area contributed by atoms with Crippen LogP contribution in [-0.4, -0.2) is 37.1 Å². The van der Waals surface area contributed by atoms with Crippen molar-refractivity contribution in [3.05, 3.63) is 105 Å². The molecule has 0 unspecified atom stereocenters. The molecule has 0 aliphatic heterocycles. The van der Waals surface area contributed by atoms with Crippen LogP contribution in [0.3, 0.4) is 0 Å². The zero-order valence-electron chi connectivity index (χ0n) is 26.2. The van der Waals surface area contributed by atoms with E-state index in [2.05, 4.69) is 0 Å². The first-order valence-electron chi connectivity index (χ1n) is 14.7. The number of carbonyl (C=O) groups excluding carboxylic acids is 4. The van der Waals surface area contributed by atoms with Gasteiger partial charge in [-0.1, -0.05) is 24.3 Å². The second-order valence-corrected chi connectivity index (χ2v) is 10.2. The lowest BCUT2D eigenvalue weighted by Crippen LogP contribution is -2.10. The Morgan fingerprint density at radius 3 is 1.27 bits per heavy atom. The van der Waals surface area contributed by atoms with Gasteiger partial charge in [0.15, 0.2) is 0 Å². The summed E-state index contributed by atoms with van der Waals surface area (Å²) < 4.78 is 30.7. The molecule has 0 aliphatic carbocycles. The van der Waals surface area contributed by atoms with Crippen LogP contribution in [-0.2, 0) is 19.1 Å². The van der Waals surface area contributed by atoms with Crippen molar-refractivity contribution in [1.29, 1.82) is 0 Å². The Morgan fingerprint density at radius 2 is 0.917 bits per heavy atom. The first-order chi connectivity index (χ1) is 23.0. The average molecular weight is 653 g/mol. The molecule has 2 heterocycles. The van der Waals surface area contributed by atoms with Gasteiger partial charge < -0.3 is 27.8 Å². The van der Waals surface area contributed by atoms with Crippen molar-refractivity contribution in [2.75, 3.05) is 13.2 Å². The smallest absolute Gasteiger partial charge is 0.339 e. The molecule has 6 aromatic rings. The lowest BCUT2D eigenvalue weighted by atomic mass is 10.0. The average Bonchev–Trinajstić information content (AvgIpc) is 3.04. The minimum Gasteiger partial charge on any atom is -0.462 e. The zero-order valence-corrected chi connectivity index (χ0v) is 26.2. The van der Waals surface area contributed by atoms with Crippen LogP contribution >= 0.6 is 0 Å². The molecule has 12 nitrogen and oxygen atoms in total. The zero-order chi connectivity index (χ0) is 34.5. The molecule has 0 spiro atoms. The van der Waals surface area contributed by atoms with Gasteiger partial charge >= 0.3 is 35.1 Å². The van der Waals surface area contributed by atoms with E-state index in [0.717, 1.165) is 22.9 Å². The highest BCUT2D eigenvalue weighted by Gasteiger charge is 2.18. The highest BCUT2D eigenvalue weighted by Crippen LogP contribution is 2.31. The molecule has 2 aromatic heterocycles. The van der Waals surface area contributed by atoms with Gasteiger partial charge in [-0.25, -0.2) is 19.2 Å². The maximum absolute atomic E-state index is 12.1. The number of fused-ring (bicyclic) bond motifs is 6. The van der Waals surface area contributed by atoms with Gasteiger partial charge in [0.1, 0.15) is 22.7 Å². The van der Waals surface area contributed by atoms with Crippen molar-refractivity contribution in [3.8, 4) is 11.5 Å². The Hall–Kier alpha value is -6.30. The Balaban J connectivity index is 0.000000188. The summed E-state index contributed by atoms with van der Waals surface area (Å²) in [5.74, 6) is -1.44. The van der Waals surface area contributed by atoms with Crippen molar-refractivity contribution in [2.24, 2.45) is 0 Å². The van der Waals surface area contributed by atoms with Crippen molar-refractivity contribution < 1.29 is 47.0 Å². The molecular formula is C36H28O12. The van der Waals surface area contributed by atoms with Crippen LogP contribution in [0.2, 0.25) is 0 Å². The summed E-state index contributed by atoms with van der Waals surface area (Å²) in [5, 5.41) is 3.61. The second kappa shape index (κ2) is 14.0. The third-order valence-corrected chi connectivity index (χ3v) is 6.91. The highest BCUT2D eigenvalue weighted by atomic mass is 16.5. The molecule has 0 N–H and O–H groups in total. The Morgan fingerprint density at radius 1 is 0.542 bits per heavy atom. The summed E-state index contributed by atoms with van der Waals surface area (Å²) in [6.07, 6.45) is 0. The van der Waals surface area contributed by atoms with Gasteiger partial charge in [-0.15, -0.1) is 0 Å². The summed E-state index contributed by atoms with van der Waals surface area (Å²) in [7, 11) is 0. The maximum Gasteiger partial charge on any atom is 0.339 e. The maximum atomic E-state index is 12.1. The minimum atomic E-state index is -0.657. The van der Waals surface area contributed by atoms with Gasteiger partial charge in [0, 0.05) is 47.5 Å². The first-order valence-corrected chi connectivity index (χ1v) is 14.7. The molecule has 0 bridgehead atoms. The second-order valence-electron chi connectivity index (χ2n) is 10.2. The standard InChI is InChI=1S/2C18H14O6/c2*1-3-22-18(21)15-9-16(20)24-17-13(15)7-5-11-4-6-12(8-14(11)17)23-10(2)19/h2*4-9H,3H2,1-2H3. The van der Waals surface area contributed by atoms with E-state index < -0.39 is 35.1 Å². The van der Waals surface area contributed by atoms with E-state index in [-0.39, 0.29) is 35.5 Å². The van der Waals surface area contributed by atoms with E-state index in [1.54, 1.807) is 74.5 Å². The first kappa shape index (κ1) is 33.1. The van der Waals surface area contributed by atoms with Crippen molar-refractivity contribution >= 4 is 67.4 Å². The van der Waals surface area contributed by atoms with E-state index in [0.29, 0.717) is 33.0 Å². The number of esters is 4. The molecule has 48 heavy (non-hydrogen) atoms. The quantitative estimate of drug-likeness (QED) is 0.0880. The fourth-order valence-corrected chi connectivity index (χ4v) is 5.05. The molecule has 12 heteroatoms. The van der Waals surface area contributed by atoms with Crippen LogP contribution in [0.15, 0.2) is 91.2 Å². The van der Waals surface area contributed by atoms with Crippen LogP contribution in [0.5, 0.6) is 11.5 Å². The van der Waals surface area contributed by atoms with Crippen molar-refractivity contribution in [3.63, 3.8) is 0 Å². The van der Waals surface area contributed by atoms with E-state index in [1.807, 2.05) is 0 Å². The molecule has 6 rings (SSSR count). The molecule has 0 aliphatic rings. The molecule has 0 saturated heterocycles. The number of benzene rings is 4. The third-order valence-electron chi connectivity index (χ3n) is 6.91. The van der Waals surface area contributed by atoms with Crippen LogP contribution in [0.25, 0.3) is 43.5 Å². The SMILES string of the molecule is CCOC(=O)c1cc(=O)oc2c1ccc1ccc(OC(C)=O)cc12.CCOC(=O)c1cc(=O)oc2c1ccc1ccc(OC(C)=O)cc12. The van der Waals surface area contributed by atoms with Gasteiger partial charge in [-0.2, -0.15) is 0 Å². The molecule has 0 saturated carbocycles. The topological polar surface area (TPSA) is 166 Å². The van der Waals surface area contributed by atoms with Crippen LogP contribution in [0, 0.1) is 0 Å². The van der Waals surface area contributed by atoms with E-state index in [1.165, 1.54) is 13.8 Å². The molecule has 0 amide bonds. The molecule has 0 fully saturated rings. The summed E-state index contributed by atoms with van der Waals surface area (Å²) in [6, 6.07) is 19.1. The largest absolute Gasteiger partial charge is 0.462 e. The van der Waals surface area contributed by atoms with Gasteiger partial charge in [0.25, 0.3) is 0 Å². The van der Waals surface area contributed by atoms with Gasteiger partial charge in [0.05, 0.1) is 24.3 Å². The number of rotatable bonds is 6. The van der Waals surface area contributed by atoms with Gasteiger partial charge in [0.2, 0.25) is 0 Å². The molecule has 0 atom stereocenters. The number of hydrogen-bond donors (Lipinski definition) is 0. The molecular weight excluding hydrogens is 624 g/mol. The monoisotopic (exact) mass is 652 g/mol. The fraction of sp³-hybridized carbons (Fsp3) is 0.167. The van der Waals surface area contributed by atoms with Crippen molar-refractivity contribution in [1.82, 2.24) is 0 Å². The molecule has 0 radical (unpaired) electrons. The van der Waals surface area contributed by atoms with Gasteiger partial charge in [-0.3, -0.25) is 9.59 Å². The summed E-state index contributed by atoms with van der Waals surface area (Å²) in [4.78, 5) is 70.1. The lowest BCUT2D eigenvalue weighted by molar-refractivity contribution is -0.132. The lowest BCUT2D eigenvalue weighted by Gasteiger charge is -2.08. The minimum absolute atomic E-state index is 0.142. The predicted octanol–water partition coefficient (Wildman–Crippen LogP) is 6.10. The van der Waals surface area contributed by atoms with Crippen LogP contribution < -0.4 is 20.7 Å². The summed E-state index contributed by atoms with van der Waals surface area (Å²) >= 11 is 0. The van der Waals surface area contributed by atoms with E-state index in [9.17, 15) is 28.8 Å². The van der Waals surface area contributed by atoms with Crippen LogP contribution in [0.4, 0.5) is 0 Å². The predicted molar refractivity (Wildman–Crippen MR) is 175 cm³/mol. The fourth-order valence-electron chi connectivity index (χ4n) is 5.05.